The van der Waals surface area contributed by atoms with E-state index < -0.39 is 40.9 Å². The van der Waals surface area contributed by atoms with Gasteiger partial charge in [-0.05, 0) is 47.7 Å². The lowest BCUT2D eigenvalue weighted by Gasteiger charge is -2.13. The van der Waals surface area contributed by atoms with Crippen LogP contribution in [0, 0.1) is 0 Å². The van der Waals surface area contributed by atoms with Crippen LogP contribution in [0.4, 0.5) is 10.5 Å². The number of phenols is 1. The van der Waals surface area contributed by atoms with Crippen molar-refractivity contribution >= 4 is 58.1 Å². The number of thioether (sulfide) groups is 1. The van der Waals surface area contributed by atoms with Crippen molar-refractivity contribution in [2.75, 3.05) is 11.9 Å². The Morgan fingerprint density at radius 3 is 2.59 bits per heavy atom. The highest BCUT2D eigenvalue weighted by molar-refractivity contribution is 8.18. The van der Waals surface area contributed by atoms with E-state index in [1.807, 2.05) is 0 Å². The highest BCUT2D eigenvalue weighted by Gasteiger charge is 2.36. The zero-order valence-corrected chi connectivity index (χ0v) is 16.2. The summed E-state index contributed by atoms with van der Waals surface area (Å²) < 4.78 is 0. The van der Waals surface area contributed by atoms with Crippen LogP contribution in [-0.2, 0) is 9.59 Å². The predicted octanol–water partition coefficient (Wildman–Crippen LogP) is 3.42. The summed E-state index contributed by atoms with van der Waals surface area (Å²) in [5.74, 6) is -3.15. The van der Waals surface area contributed by atoms with Crippen LogP contribution < -0.4 is 5.32 Å². The second-order valence-corrected chi connectivity index (χ2v) is 7.28. The van der Waals surface area contributed by atoms with E-state index in [1.165, 1.54) is 12.1 Å². The number of aromatic hydroxyl groups is 1. The number of carbonyl (C=O) groups excluding carboxylic acids is 3. The van der Waals surface area contributed by atoms with E-state index >= 15 is 0 Å². The number of halogens is 1. The summed E-state index contributed by atoms with van der Waals surface area (Å²) >= 11 is 6.75. The molecule has 0 atom stereocenters. The van der Waals surface area contributed by atoms with Crippen LogP contribution in [0.2, 0.25) is 5.02 Å². The van der Waals surface area contributed by atoms with Crippen LogP contribution in [0.3, 0.4) is 0 Å². The van der Waals surface area contributed by atoms with Gasteiger partial charge < -0.3 is 15.5 Å². The standard InChI is InChI=1S/C19H13ClN2O6S/c20-13-4-2-1-3-10(13)7-15-17(25)22(19(28)29-15)9-16(24)21-11-5-6-14(23)12(8-11)18(26)27/h1-8,23H,9H2,(H,21,24)(H,26,27)/b15-7-. The van der Waals surface area contributed by atoms with Gasteiger partial charge in [0.25, 0.3) is 11.1 Å². The fourth-order valence-corrected chi connectivity index (χ4v) is 3.52. The second kappa shape index (κ2) is 8.38. The van der Waals surface area contributed by atoms with Gasteiger partial charge in [-0.15, -0.1) is 0 Å². The molecule has 2 aromatic carbocycles. The number of hydrogen-bond acceptors (Lipinski definition) is 6. The van der Waals surface area contributed by atoms with Crippen molar-refractivity contribution in [2.24, 2.45) is 0 Å². The first-order valence-corrected chi connectivity index (χ1v) is 9.32. The van der Waals surface area contributed by atoms with Crippen LogP contribution >= 0.6 is 23.4 Å². The molecule has 3 N–H and O–H groups in total. The molecule has 0 aliphatic carbocycles. The minimum Gasteiger partial charge on any atom is -0.507 e. The molecule has 0 radical (unpaired) electrons. The molecule has 0 bridgehead atoms. The van der Waals surface area contributed by atoms with Crippen molar-refractivity contribution < 1.29 is 29.4 Å². The molecule has 3 rings (SSSR count). The number of carboxylic acids is 1. The molecule has 148 valence electrons. The minimum absolute atomic E-state index is 0.101. The van der Waals surface area contributed by atoms with Crippen LogP contribution in [-0.4, -0.2) is 44.7 Å². The van der Waals surface area contributed by atoms with Crippen molar-refractivity contribution in [1.82, 2.24) is 4.90 Å². The molecule has 0 saturated carbocycles. The van der Waals surface area contributed by atoms with Gasteiger partial charge in [0.15, 0.2) is 0 Å². The summed E-state index contributed by atoms with van der Waals surface area (Å²) in [4.78, 5) is 48.8. The van der Waals surface area contributed by atoms with E-state index in [2.05, 4.69) is 5.32 Å². The average Bonchev–Trinajstić information content (AvgIpc) is 2.92. The van der Waals surface area contributed by atoms with Crippen molar-refractivity contribution in [3.63, 3.8) is 0 Å². The third-order valence-electron chi connectivity index (χ3n) is 3.88. The van der Waals surface area contributed by atoms with Crippen molar-refractivity contribution in [2.45, 2.75) is 0 Å². The fourth-order valence-electron chi connectivity index (χ4n) is 2.50. The Morgan fingerprint density at radius 1 is 1.17 bits per heavy atom. The molecule has 1 fully saturated rings. The summed E-state index contributed by atoms with van der Waals surface area (Å²) in [7, 11) is 0. The lowest BCUT2D eigenvalue weighted by molar-refractivity contribution is -0.127. The van der Waals surface area contributed by atoms with Gasteiger partial charge in [0.05, 0.1) is 4.91 Å². The summed E-state index contributed by atoms with van der Waals surface area (Å²) in [6.45, 7) is -0.548. The molecule has 10 heteroatoms. The Hall–Kier alpha value is -3.30. The Kier molecular flexibility index (Phi) is 5.90. The van der Waals surface area contributed by atoms with Crippen molar-refractivity contribution in [3.8, 4) is 5.75 Å². The topological polar surface area (TPSA) is 124 Å². The molecule has 2 aromatic rings. The summed E-state index contributed by atoms with van der Waals surface area (Å²) in [6.07, 6.45) is 1.48. The van der Waals surface area contributed by atoms with Crippen LogP contribution in [0.15, 0.2) is 47.4 Å². The molecule has 0 aromatic heterocycles. The predicted molar refractivity (Wildman–Crippen MR) is 108 cm³/mol. The van der Waals surface area contributed by atoms with Crippen LogP contribution in [0.1, 0.15) is 15.9 Å². The van der Waals surface area contributed by atoms with Gasteiger partial charge in [0, 0.05) is 10.7 Å². The first-order valence-electron chi connectivity index (χ1n) is 8.12. The highest BCUT2D eigenvalue weighted by atomic mass is 35.5. The number of rotatable bonds is 5. The lowest BCUT2D eigenvalue weighted by atomic mass is 10.2. The van der Waals surface area contributed by atoms with E-state index in [4.69, 9.17) is 16.7 Å². The Balaban J connectivity index is 1.72. The number of anilines is 1. The van der Waals surface area contributed by atoms with E-state index in [9.17, 15) is 24.3 Å². The van der Waals surface area contributed by atoms with Gasteiger partial charge in [-0.2, -0.15) is 0 Å². The van der Waals surface area contributed by atoms with E-state index in [-0.39, 0.29) is 10.6 Å². The number of hydrogen-bond donors (Lipinski definition) is 3. The third kappa shape index (κ3) is 4.58. The maximum Gasteiger partial charge on any atom is 0.339 e. The maximum atomic E-state index is 12.5. The van der Waals surface area contributed by atoms with Crippen molar-refractivity contribution in [3.05, 3.63) is 63.5 Å². The normalized spacial score (nSPS) is 15.1. The summed E-state index contributed by atoms with van der Waals surface area (Å²) in [5.41, 5.74) is 0.273. The van der Waals surface area contributed by atoms with E-state index in [0.29, 0.717) is 22.3 Å². The molecular weight excluding hydrogens is 420 g/mol. The van der Waals surface area contributed by atoms with Gasteiger partial charge >= 0.3 is 5.97 Å². The number of nitrogens with one attached hydrogen (secondary N) is 1. The quantitative estimate of drug-likeness (QED) is 0.488. The monoisotopic (exact) mass is 432 g/mol. The van der Waals surface area contributed by atoms with Crippen LogP contribution in [0.25, 0.3) is 6.08 Å². The van der Waals surface area contributed by atoms with Gasteiger partial charge in [-0.1, -0.05) is 29.8 Å². The summed E-state index contributed by atoms with van der Waals surface area (Å²) in [6, 6.07) is 10.3. The molecule has 1 aliphatic heterocycles. The first kappa shape index (κ1) is 20.4. The van der Waals surface area contributed by atoms with Crippen LogP contribution in [0.5, 0.6) is 5.75 Å². The smallest absolute Gasteiger partial charge is 0.339 e. The van der Waals surface area contributed by atoms with Gasteiger partial charge in [0.2, 0.25) is 5.91 Å². The minimum atomic E-state index is -1.37. The number of amides is 3. The Labute approximate surface area is 173 Å². The molecule has 0 unspecified atom stereocenters. The number of imide groups is 1. The van der Waals surface area contributed by atoms with E-state index in [1.54, 1.807) is 24.3 Å². The molecule has 1 aliphatic rings. The molecule has 8 nitrogen and oxygen atoms in total. The maximum absolute atomic E-state index is 12.5. The lowest BCUT2D eigenvalue weighted by Crippen LogP contribution is -2.36. The van der Waals surface area contributed by atoms with Gasteiger partial charge in [0.1, 0.15) is 17.9 Å². The fraction of sp³-hybridized carbons (Fsp3) is 0.0526. The molecular formula is C19H13ClN2O6S. The Morgan fingerprint density at radius 2 is 1.90 bits per heavy atom. The molecule has 0 spiro atoms. The SMILES string of the molecule is O=C(CN1C(=O)S/C(=C\c2ccccc2Cl)C1=O)Nc1ccc(O)c(C(=O)O)c1. The number of carboxylic acid groups (broad SMARTS) is 1. The number of nitrogens with zero attached hydrogens (tertiary/aromatic N) is 1. The highest BCUT2D eigenvalue weighted by Crippen LogP contribution is 2.33. The Bertz CT molecular complexity index is 1070. The molecule has 29 heavy (non-hydrogen) atoms. The average molecular weight is 433 g/mol. The number of aromatic carboxylic acids is 1. The zero-order valence-electron chi connectivity index (χ0n) is 14.6. The third-order valence-corrected chi connectivity index (χ3v) is 5.13. The molecule has 1 heterocycles. The largest absolute Gasteiger partial charge is 0.507 e. The van der Waals surface area contributed by atoms with Crippen molar-refractivity contribution in [1.29, 1.82) is 0 Å². The second-order valence-electron chi connectivity index (χ2n) is 5.87. The summed E-state index contributed by atoms with van der Waals surface area (Å²) in [5, 5.41) is 20.7. The van der Waals surface area contributed by atoms with Gasteiger partial charge in [-0.25, -0.2) is 4.79 Å². The number of carbonyl (C=O) groups is 4. The molecule has 3 amide bonds. The van der Waals surface area contributed by atoms with E-state index in [0.717, 1.165) is 17.0 Å². The molecule has 1 saturated heterocycles. The van der Waals surface area contributed by atoms with Gasteiger partial charge in [-0.3, -0.25) is 19.3 Å². The number of benzene rings is 2. The first-order chi connectivity index (χ1) is 13.8. The zero-order chi connectivity index (χ0) is 21.1.